The summed E-state index contributed by atoms with van der Waals surface area (Å²) in [5.41, 5.74) is 5.53. The second kappa shape index (κ2) is 9.47. The first-order valence-electron chi connectivity index (χ1n) is 10.5. The van der Waals surface area contributed by atoms with Gasteiger partial charge in [0, 0.05) is 24.0 Å². The van der Waals surface area contributed by atoms with Gasteiger partial charge in [-0.2, -0.15) is 0 Å². The minimum absolute atomic E-state index is 0.246. The third kappa shape index (κ3) is 4.12. The average molecular weight is 428 g/mol. The number of nitrogens with zero attached hydrogens (tertiary/aromatic N) is 2. The smallest absolute Gasteiger partial charge is 0.344 e. The summed E-state index contributed by atoms with van der Waals surface area (Å²) in [7, 11) is 0. The van der Waals surface area contributed by atoms with Crippen molar-refractivity contribution in [2.45, 2.75) is 20.4 Å². The topological polar surface area (TPSA) is 70.4 Å². The Balaban J connectivity index is 1.77. The largest absolute Gasteiger partial charge is 0.465 e. The van der Waals surface area contributed by atoms with Gasteiger partial charge in [-0.3, -0.25) is 4.79 Å². The number of carbonyl (C=O) groups excluding carboxylic acids is 2. The summed E-state index contributed by atoms with van der Waals surface area (Å²) in [6.07, 6.45) is 2.44. The summed E-state index contributed by atoms with van der Waals surface area (Å²) in [5, 5.41) is 0.599. The average Bonchev–Trinajstić information content (AvgIpc) is 3.10. The summed E-state index contributed by atoms with van der Waals surface area (Å²) < 4.78 is 12.6. The maximum atomic E-state index is 12.0. The van der Waals surface area contributed by atoms with Crippen LogP contribution in [0.2, 0.25) is 0 Å². The molecule has 0 aliphatic carbocycles. The van der Waals surface area contributed by atoms with Gasteiger partial charge >= 0.3 is 5.97 Å². The van der Waals surface area contributed by atoms with Crippen LogP contribution in [0.4, 0.5) is 0 Å². The van der Waals surface area contributed by atoms with E-state index in [1.807, 2.05) is 43.3 Å². The zero-order valence-corrected chi connectivity index (χ0v) is 18.1. The number of esters is 1. The van der Waals surface area contributed by atoms with Crippen LogP contribution >= 0.6 is 0 Å². The standard InChI is InChI=1S/C26H24N2O4/c1-3-31-24(30)17-32-26-25-22(16-29)18(2)28(23(25)13-14-27-26)15-20-11-7-8-12-21(20)19-9-5-4-6-10-19/h4-14,16H,3,15,17H2,1-2H3. The van der Waals surface area contributed by atoms with Crippen molar-refractivity contribution in [1.29, 1.82) is 0 Å². The maximum Gasteiger partial charge on any atom is 0.344 e. The number of hydrogen-bond acceptors (Lipinski definition) is 5. The molecule has 2 aromatic carbocycles. The van der Waals surface area contributed by atoms with Crippen molar-refractivity contribution in [3.63, 3.8) is 0 Å². The molecule has 0 aliphatic rings. The van der Waals surface area contributed by atoms with Crippen molar-refractivity contribution < 1.29 is 19.1 Å². The van der Waals surface area contributed by atoms with Crippen LogP contribution in [0.5, 0.6) is 5.88 Å². The highest BCUT2D eigenvalue weighted by molar-refractivity contribution is 6.02. The zero-order chi connectivity index (χ0) is 22.5. The molecule has 2 aromatic heterocycles. The van der Waals surface area contributed by atoms with Gasteiger partial charge in [-0.05, 0) is 36.6 Å². The van der Waals surface area contributed by atoms with Gasteiger partial charge < -0.3 is 14.0 Å². The van der Waals surface area contributed by atoms with Gasteiger partial charge in [-0.15, -0.1) is 0 Å². The number of pyridine rings is 1. The number of aromatic nitrogens is 2. The molecule has 6 heteroatoms. The van der Waals surface area contributed by atoms with Crippen molar-refractivity contribution in [3.05, 3.63) is 83.7 Å². The molecule has 0 radical (unpaired) electrons. The van der Waals surface area contributed by atoms with E-state index in [0.717, 1.165) is 34.2 Å². The molecule has 0 atom stereocenters. The minimum Gasteiger partial charge on any atom is -0.465 e. The lowest BCUT2D eigenvalue weighted by Gasteiger charge is -2.13. The van der Waals surface area contributed by atoms with E-state index in [1.54, 1.807) is 13.1 Å². The Kier molecular flexibility index (Phi) is 6.31. The lowest BCUT2D eigenvalue weighted by molar-refractivity contribution is -0.145. The van der Waals surface area contributed by atoms with Crippen LogP contribution in [-0.4, -0.2) is 35.0 Å². The molecule has 0 saturated heterocycles. The third-order valence-corrected chi connectivity index (χ3v) is 5.43. The van der Waals surface area contributed by atoms with Gasteiger partial charge in [-0.25, -0.2) is 9.78 Å². The molecule has 32 heavy (non-hydrogen) atoms. The SMILES string of the molecule is CCOC(=O)COc1nccc2c1c(C=O)c(C)n2Cc1ccccc1-c1ccccc1. The second-order valence-corrected chi connectivity index (χ2v) is 7.33. The summed E-state index contributed by atoms with van der Waals surface area (Å²) >= 11 is 0. The van der Waals surface area contributed by atoms with Crippen molar-refractivity contribution in [2.24, 2.45) is 0 Å². The minimum atomic E-state index is -0.480. The number of ether oxygens (including phenoxy) is 2. The molecular formula is C26H24N2O4. The number of hydrogen-bond donors (Lipinski definition) is 0. The van der Waals surface area contributed by atoms with Crippen molar-refractivity contribution >= 4 is 23.2 Å². The van der Waals surface area contributed by atoms with Crippen molar-refractivity contribution in [1.82, 2.24) is 9.55 Å². The number of aldehydes is 1. The van der Waals surface area contributed by atoms with Gasteiger partial charge in [-0.1, -0.05) is 54.6 Å². The molecule has 0 fully saturated rings. The number of benzene rings is 2. The van der Waals surface area contributed by atoms with Crippen LogP contribution < -0.4 is 4.74 Å². The zero-order valence-electron chi connectivity index (χ0n) is 18.1. The Morgan fingerprint density at radius 1 is 1.06 bits per heavy atom. The Bertz CT molecular complexity index is 1260. The Labute approximate surface area is 186 Å². The molecule has 0 saturated carbocycles. The molecule has 0 amide bonds. The maximum absolute atomic E-state index is 12.0. The quantitative estimate of drug-likeness (QED) is 0.297. The molecule has 0 unspecified atom stereocenters. The van der Waals surface area contributed by atoms with Gasteiger partial charge in [0.05, 0.1) is 17.5 Å². The molecule has 0 aliphatic heterocycles. The van der Waals surface area contributed by atoms with Gasteiger partial charge in [0.2, 0.25) is 5.88 Å². The van der Waals surface area contributed by atoms with E-state index in [2.05, 4.69) is 33.8 Å². The summed E-state index contributed by atoms with van der Waals surface area (Å²) in [5.74, 6) is -0.234. The fraction of sp³-hybridized carbons (Fsp3) is 0.192. The van der Waals surface area contributed by atoms with Crippen LogP contribution in [0.25, 0.3) is 22.0 Å². The summed E-state index contributed by atoms with van der Waals surface area (Å²) in [6, 6.07) is 20.3. The predicted molar refractivity (Wildman–Crippen MR) is 123 cm³/mol. The van der Waals surface area contributed by atoms with Crippen LogP contribution in [0.1, 0.15) is 28.5 Å². The first-order valence-corrected chi connectivity index (χ1v) is 10.5. The van der Waals surface area contributed by atoms with E-state index >= 15 is 0 Å². The van der Waals surface area contributed by atoms with Crippen LogP contribution in [0.15, 0.2) is 66.9 Å². The number of fused-ring (bicyclic) bond motifs is 1. The Morgan fingerprint density at radius 3 is 2.56 bits per heavy atom. The fourth-order valence-electron chi connectivity index (χ4n) is 3.93. The summed E-state index contributed by atoms with van der Waals surface area (Å²) in [4.78, 5) is 28.0. The van der Waals surface area contributed by atoms with Crippen molar-refractivity contribution in [3.8, 4) is 17.0 Å². The predicted octanol–water partition coefficient (Wildman–Crippen LogP) is 4.81. The Morgan fingerprint density at radius 2 is 1.81 bits per heavy atom. The fourth-order valence-corrected chi connectivity index (χ4v) is 3.93. The Hall–Kier alpha value is -3.93. The highest BCUT2D eigenvalue weighted by Gasteiger charge is 2.20. The van der Waals surface area contributed by atoms with E-state index in [1.165, 1.54) is 0 Å². The van der Waals surface area contributed by atoms with Gasteiger partial charge in [0.1, 0.15) is 0 Å². The number of carbonyl (C=O) groups is 2. The first-order chi connectivity index (χ1) is 15.6. The summed E-state index contributed by atoms with van der Waals surface area (Å²) in [6.45, 7) is 4.22. The van der Waals surface area contributed by atoms with E-state index in [4.69, 9.17) is 9.47 Å². The van der Waals surface area contributed by atoms with Crippen molar-refractivity contribution in [2.75, 3.05) is 13.2 Å². The monoisotopic (exact) mass is 428 g/mol. The van der Waals surface area contributed by atoms with E-state index in [-0.39, 0.29) is 19.1 Å². The molecule has 0 N–H and O–H groups in total. The molecule has 4 aromatic rings. The third-order valence-electron chi connectivity index (χ3n) is 5.43. The lowest BCUT2D eigenvalue weighted by atomic mass is 9.99. The van der Waals surface area contributed by atoms with Crippen LogP contribution in [0, 0.1) is 6.92 Å². The molecule has 2 heterocycles. The molecule has 4 rings (SSSR count). The number of rotatable bonds is 8. The van der Waals surface area contributed by atoms with E-state index in [9.17, 15) is 9.59 Å². The van der Waals surface area contributed by atoms with E-state index in [0.29, 0.717) is 17.5 Å². The molecular weight excluding hydrogens is 404 g/mol. The normalized spacial score (nSPS) is 10.8. The molecule has 0 spiro atoms. The highest BCUT2D eigenvalue weighted by atomic mass is 16.6. The van der Waals surface area contributed by atoms with E-state index < -0.39 is 5.97 Å². The lowest BCUT2D eigenvalue weighted by Crippen LogP contribution is -2.15. The molecule has 162 valence electrons. The van der Waals surface area contributed by atoms with Crippen LogP contribution in [-0.2, 0) is 16.1 Å². The molecule has 0 bridgehead atoms. The van der Waals surface area contributed by atoms with Crippen LogP contribution in [0.3, 0.4) is 0 Å². The highest BCUT2D eigenvalue weighted by Crippen LogP contribution is 2.33. The molecule has 6 nitrogen and oxygen atoms in total. The van der Waals surface area contributed by atoms with Gasteiger partial charge in [0.15, 0.2) is 12.9 Å². The van der Waals surface area contributed by atoms with Gasteiger partial charge in [0.25, 0.3) is 0 Å². The first kappa shape index (κ1) is 21.3. The second-order valence-electron chi connectivity index (χ2n) is 7.33.